The average molecular weight is 448 g/mol. The fourth-order valence-corrected chi connectivity index (χ4v) is 3.75. The van der Waals surface area contributed by atoms with Crippen molar-refractivity contribution in [1.82, 2.24) is 0 Å². The van der Waals surface area contributed by atoms with E-state index in [0.717, 1.165) is 21.9 Å². The quantitative estimate of drug-likeness (QED) is 0.167. The van der Waals surface area contributed by atoms with E-state index in [1.807, 2.05) is 62.4 Å². The first kappa shape index (κ1) is 22.8. The standard InChI is InChI=1S/C30H25NO3/c1-3-33-29-18-22(17-26(19-31)30(32)24-14-11-21(2)12-15-24)13-16-28(29)34-20-25-9-6-8-23-7-4-5-10-27(23)25/h4-18H,3,20H2,1-2H3/b26-17+. The van der Waals surface area contributed by atoms with Crippen molar-refractivity contribution >= 4 is 22.6 Å². The SMILES string of the molecule is CCOc1cc(/C=C(\C#N)C(=O)c2ccc(C)cc2)ccc1OCc1cccc2ccccc12. The molecule has 0 aliphatic heterocycles. The molecular formula is C30H25NO3. The second-order valence-corrected chi connectivity index (χ2v) is 7.93. The van der Waals surface area contributed by atoms with Gasteiger partial charge in [-0.15, -0.1) is 0 Å². The first-order valence-electron chi connectivity index (χ1n) is 11.2. The van der Waals surface area contributed by atoms with Gasteiger partial charge in [0.15, 0.2) is 11.5 Å². The lowest BCUT2D eigenvalue weighted by molar-refractivity contribution is 0.104. The van der Waals surface area contributed by atoms with Gasteiger partial charge in [0.1, 0.15) is 18.2 Å². The van der Waals surface area contributed by atoms with Crippen LogP contribution in [0.2, 0.25) is 0 Å². The predicted molar refractivity (Wildman–Crippen MR) is 135 cm³/mol. The first-order valence-corrected chi connectivity index (χ1v) is 11.2. The summed E-state index contributed by atoms with van der Waals surface area (Å²) in [5.74, 6) is 0.864. The van der Waals surface area contributed by atoms with Crippen LogP contribution in [0.15, 0.2) is 90.5 Å². The molecule has 0 spiro atoms. The topological polar surface area (TPSA) is 59.3 Å². The zero-order valence-corrected chi connectivity index (χ0v) is 19.2. The Labute approximate surface area is 199 Å². The van der Waals surface area contributed by atoms with E-state index in [1.165, 1.54) is 0 Å². The Kier molecular flexibility index (Phi) is 7.05. The third-order valence-corrected chi connectivity index (χ3v) is 5.52. The molecule has 0 saturated heterocycles. The fraction of sp³-hybridized carbons (Fsp3) is 0.133. The van der Waals surface area contributed by atoms with Gasteiger partial charge in [-0.05, 0) is 54.0 Å². The summed E-state index contributed by atoms with van der Waals surface area (Å²) in [7, 11) is 0. The molecule has 4 aromatic rings. The Hall–Kier alpha value is -4.36. The number of ether oxygens (including phenoxy) is 2. The number of Topliss-reactive ketones (excluding diaryl/α,β-unsaturated/α-hetero) is 1. The second-order valence-electron chi connectivity index (χ2n) is 7.93. The number of hydrogen-bond acceptors (Lipinski definition) is 4. The van der Waals surface area contributed by atoms with E-state index in [4.69, 9.17) is 9.47 Å². The van der Waals surface area contributed by atoms with Crippen molar-refractivity contribution in [2.45, 2.75) is 20.5 Å². The monoisotopic (exact) mass is 447 g/mol. The van der Waals surface area contributed by atoms with E-state index < -0.39 is 0 Å². The summed E-state index contributed by atoms with van der Waals surface area (Å²) in [6, 6.07) is 29.0. The highest BCUT2D eigenvalue weighted by Gasteiger charge is 2.13. The molecule has 168 valence electrons. The summed E-state index contributed by atoms with van der Waals surface area (Å²) in [6.07, 6.45) is 1.58. The molecule has 4 aromatic carbocycles. The van der Waals surface area contributed by atoms with Crippen molar-refractivity contribution in [3.63, 3.8) is 0 Å². The number of nitriles is 1. The average Bonchev–Trinajstić information content (AvgIpc) is 2.87. The Morgan fingerprint density at radius 3 is 2.44 bits per heavy atom. The van der Waals surface area contributed by atoms with Crippen molar-refractivity contribution in [2.75, 3.05) is 6.61 Å². The van der Waals surface area contributed by atoms with Crippen LogP contribution in [-0.2, 0) is 6.61 Å². The third kappa shape index (κ3) is 5.16. The highest BCUT2D eigenvalue weighted by Crippen LogP contribution is 2.31. The summed E-state index contributed by atoms with van der Waals surface area (Å²) in [4.78, 5) is 12.8. The highest BCUT2D eigenvalue weighted by atomic mass is 16.5. The van der Waals surface area contributed by atoms with Gasteiger partial charge in [0.25, 0.3) is 0 Å². The van der Waals surface area contributed by atoms with E-state index in [2.05, 4.69) is 24.3 Å². The zero-order valence-electron chi connectivity index (χ0n) is 19.2. The van der Waals surface area contributed by atoms with Crippen LogP contribution >= 0.6 is 0 Å². The van der Waals surface area contributed by atoms with Crippen LogP contribution in [-0.4, -0.2) is 12.4 Å². The normalized spacial score (nSPS) is 11.1. The molecule has 0 unspecified atom stereocenters. The van der Waals surface area contributed by atoms with Gasteiger partial charge in [-0.25, -0.2) is 0 Å². The second kappa shape index (κ2) is 10.5. The van der Waals surface area contributed by atoms with E-state index >= 15 is 0 Å². The lowest BCUT2D eigenvalue weighted by Gasteiger charge is -2.14. The highest BCUT2D eigenvalue weighted by molar-refractivity contribution is 6.14. The Balaban J connectivity index is 1.58. The Morgan fingerprint density at radius 2 is 1.68 bits per heavy atom. The maximum absolute atomic E-state index is 12.8. The number of carbonyl (C=O) groups excluding carboxylic acids is 1. The largest absolute Gasteiger partial charge is 0.490 e. The van der Waals surface area contributed by atoms with Crippen LogP contribution in [0.4, 0.5) is 0 Å². The number of benzene rings is 4. The van der Waals surface area contributed by atoms with E-state index in [-0.39, 0.29) is 11.4 Å². The van der Waals surface area contributed by atoms with Crippen molar-refractivity contribution < 1.29 is 14.3 Å². The number of aryl methyl sites for hydroxylation is 1. The molecule has 4 nitrogen and oxygen atoms in total. The molecule has 0 heterocycles. The number of hydrogen-bond donors (Lipinski definition) is 0. The lowest BCUT2D eigenvalue weighted by atomic mass is 10.0. The molecule has 4 rings (SSSR count). The zero-order chi connectivity index (χ0) is 23.9. The van der Waals surface area contributed by atoms with Crippen LogP contribution in [0.5, 0.6) is 11.5 Å². The third-order valence-electron chi connectivity index (χ3n) is 5.52. The van der Waals surface area contributed by atoms with Gasteiger partial charge in [0.2, 0.25) is 5.78 Å². The molecule has 0 aromatic heterocycles. The summed E-state index contributed by atoms with van der Waals surface area (Å²) >= 11 is 0. The number of ketones is 1. The van der Waals surface area contributed by atoms with Crippen LogP contribution in [0.3, 0.4) is 0 Å². The Bertz CT molecular complexity index is 1390. The van der Waals surface area contributed by atoms with Crippen molar-refractivity contribution in [3.05, 3.63) is 113 Å². The number of rotatable bonds is 8. The molecular weight excluding hydrogens is 422 g/mol. The van der Waals surface area contributed by atoms with Crippen LogP contribution in [0.25, 0.3) is 16.8 Å². The fourth-order valence-electron chi connectivity index (χ4n) is 3.75. The summed E-state index contributed by atoms with van der Waals surface area (Å²) in [5.41, 5.74) is 3.38. The molecule has 4 heteroatoms. The summed E-state index contributed by atoms with van der Waals surface area (Å²) < 4.78 is 11.9. The van der Waals surface area contributed by atoms with Gasteiger partial charge in [-0.1, -0.05) is 78.4 Å². The summed E-state index contributed by atoms with van der Waals surface area (Å²) in [5, 5.41) is 11.9. The number of nitrogens with zero attached hydrogens (tertiary/aromatic N) is 1. The molecule has 34 heavy (non-hydrogen) atoms. The van der Waals surface area contributed by atoms with E-state index in [1.54, 1.807) is 24.3 Å². The van der Waals surface area contributed by atoms with Crippen LogP contribution < -0.4 is 9.47 Å². The first-order chi connectivity index (χ1) is 16.6. The van der Waals surface area contributed by atoms with Gasteiger partial charge >= 0.3 is 0 Å². The van der Waals surface area contributed by atoms with Crippen molar-refractivity contribution in [1.29, 1.82) is 5.26 Å². The summed E-state index contributed by atoms with van der Waals surface area (Å²) in [6.45, 7) is 4.71. The molecule has 0 aliphatic carbocycles. The maximum atomic E-state index is 12.8. The number of fused-ring (bicyclic) bond motifs is 1. The number of allylic oxidation sites excluding steroid dienone is 1. The van der Waals surface area contributed by atoms with Gasteiger partial charge in [-0.2, -0.15) is 5.26 Å². The van der Waals surface area contributed by atoms with Gasteiger partial charge in [0, 0.05) is 5.56 Å². The van der Waals surface area contributed by atoms with Crippen molar-refractivity contribution in [3.8, 4) is 17.6 Å². The van der Waals surface area contributed by atoms with E-state index in [9.17, 15) is 10.1 Å². The minimum atomic E-state index is -0.309. The minimum absolute atomic E-state index is 0.0655. The molecule has 0 amide bonds. The van der Waals surface area contributed by atoms with Gasteiger partial charge in [0.05, 0.1) is 6.61 Å². The number of carbonyl (C=O) groups is 1. The molecule has 0 saturated carbocycles. The Morgan fingerprint density at radius 1 is 0.912 bits per heavy atom. The van der Waals surface area contributed by atoms with Gasteiger partial charge in [-0.3, -0.25) is 4.79 Å². The van der Waals surface area contributed by atoms with Crippen LogP contribution in [0.1, 0.15) is 34.0 Å². The lowest BCUT2D eigenvalue weighted by Crippen LogP contribution is -2.02. The van der Waals surface area contributed by atoms with Crippen LogP contribution in [0, 0.1) is 18.3 Å². The predicted octanol–water partition coefficient (Wildman–Crippen LogP) is 6.92. The van der Waals surface area contributed by atoms with Gasteiger partial charge < -0.3 is 9.47 Å². The molecule has 0 aliphatic rings. The molecule has 0 fully saturated rings. The molecule has 0 radical (unpaired) electrons. The van der Waals surface area contributed by atoms with E-state index in [0.29, 0.717) is 35.8 Å². The maximum Gasteiger partial charge on any atom is 0.203 e. The molecule has 0 bridgehead atoms. The smallest absolute Gasteiger partial charge is 0.203 e. The molecule has 0 N–H and O–H groups in total. The molecule has 0 atom stereocenters. The van der Waals surface area contributed by atoms with Crippen molar-refractivity contribution in [2.24, 2.45) is 0 Å². The minimum Gasteiger partial charge on any atom is -0.490 e.